The number of aryl methyl sites for hydroxylation is 1. The minimum Gasteiger partial charge on any atom is -0.355 e. The minimum atomic E-state index is 0.0659. The summed E-state index contributed by atoms with van der Waals surface area (Å²) in [6.45, 7) is 7.81. The van der Waals surface area contributed by atoms with Crippen molar-refractivity contribution in [2.75, 3.05) is 39.3 Å². The van der Waals surface area contributed by atoms with Crippen LogP contribution in [0.4, 0.5) is 0 Å². The second-order valence-corrected chi connectivity index (χ2v) is 6.11. The normalized spacial score (nSPS) is 23.0. The average Bonchev–Trinajstić information content (AvgIpc) is 2.92. The molecule has 1 atom stereocenters. The molecule has 1 N–H and O–H groups in total. The number of fused-ring (bicyclic) bond motifs is 1. The Balaban J connectivity index is 1.49. The van der Waals surface area contributed by atoms with Gasteiger partial charge in [0.05, 0.1) is 0 Å². The number of carbonyl (C=O) groups is 1. The van der Waals surface area contributed by atoms with Gasteiger partial charge in [0.25, 0.3) is 0 Å². The lowest BCUT2D eigenvalue weighted by Gasteiger charge is -2.38. The zero-order valence-corrected chi connectivity index (χ0v) is 12.8. The maximum atomic E-state index is 10.9. The second kappa shape index (κ2) is 6.58. The SMILES string of the molecule is CC(=O)NCCN1CCN(C2CCc3ccccc32)CC1. The zero-order chi connectivity index (χ0) is 14.7. The summed E-state index contributed by atoms with van der Waals surface area (Å²) in [5, 5.41) is 2.88. The molecule has 0 spiro atoms. The summed E-state index contributed by atoms with van der Waals surface area (Å²) < 4.78 is 0. The lowest BCUT2D eigenvalue weighted by Crippen LogP contribution is -2.49. The van der Waals surface area contributed by atoms with Crippen molar-refractivity contribution in [3.05, 3.63) is 35.4 Å². The van der Waals surface area contributed by atoms with E-state index in [9.17, 15) is 4.79 Å². The van der Waals surface area contributed by atoms with Gasteiger partial charge in [0.15, 0.2) is 0 Å². The Kier molecular flexibility index (Phi) is 4.56. The van der Waals surface area contributed by atoms with Crippen molar-refractivity contribution in [3.8, 4) is 0 Å². The summed E-state index contributed by atoms with van der Waals surface area (Å²) in [7, 11) is 0. The van der Waals surface area contributed by atoms with E-state index in [1.807, 2.05) is 0 Å². The van der Waals surface area contributed by atoms with Crippen LogP contribution in [0.2, 0.25) is 0 Å². The maximum absolute atomic E-state index is 10.9. The molecule has 0 radical (unpaired) electrons. The van der Waals surface area contributed by atoms with Gasteiger partial charge in [-0.15, -0.1) is 0 Å². The van der Waals surface area contributed by atoms with Gasteiger partial charge < -0.3 is 5.32 Å². The highest BCUT2D eigenvalue weighted by Gasteiger charge is 2.29. The van der Waals surface area contributed by atoms with E-state index < -0.39 is 0 Å². The highest BCUT2D eigenvalue weighted by molar-refractivity contribution is 5.72. The Morgan fingerprint density at radius 3 is 2.76 bits per heavy atom. The van der Waals surface area contributed by atoms with Gasteiger partial charge in [-0.2, -0.15) is 0 Å². The first kappa shape index (κ1) is 14.5. The van der Waals surface area contributed by atoms with E-state index in [1.165, 1.54) is 18.4 Å². The first-order valence-corrected chi connectivity index (χ1v) is 8.02. The van der Waals surface area contributed by atoms with E-state index >= 15 is 0 Å². The molecule has 1 heterocycles. The van der Waals surface area contributed by atoms with Crippen LogP contribution in [0.1, 0.15) is 30.5 Å². The molecule has 1 unspecified atom stereocenters. The van der Waals surface area contributed by atoms with Crippen LogP contribution in [0.3, 0.4) is 0 Å². The molecule has 1 fully saturated rings. The molecule has 4 nitrogen and oxygen atoms in total. The molecule has 4 heteroatoms. The number of nitrogens with zero attached hydrogens (tertiary/aromatic N) is 2. The molecule has 1 aliphatic heterocycles. The summed E-state index contributed by atoms with van der Waals surface area (Å²) in [6.07, 6.45) is 2.49. The molecular formula is C17H25N3O. The number of benzene rings is 1. The van der Waals surface area contributed by atoms with Crippen molar-refractivity contribution in [2.24, 2.45) is 0 Å². The Bertz CT molecular complexity index is 495. The summed E-state index contributed by atoms with van der Waals surface area (Å²) in [6, 6.07) is 9.52. The van der Waals surface area contributed by atoms with E-state index in [-0.39, 0.29) is 5.91 Å². The van der Waals surface area contributed by atoms with Crippen LogP contribution in [0.15, 0.2) is 24.3 Å². The van der Waals surface area contributed by atoms with Gasteiger partial charge in [-0.3, -0.25) is 14.6 Å². The predicted molar refractivity (Wildman–Crippen MR) is 84.2 cm³/mol. The molecule has 0 saturated carbocycles. The van der Waals surface area contributed by atoms with E-state index in [0.717, 1.165) is 39.3 Å². The van der Waals surface area contributed by atoms with Crippen molar-refractivity contribution in [1.29, 1.82) is 0 Å². The van der Waals surface area contributed by atoms with Crippen LogP contribution in [0, 0.1) is 0 Å². The van der Waals surface area contributed by atoms with Gasteiger partial charge >= 0.3 is 0 Å². The van der Waals surface area contributed by atoms with Crippen LogP contribution in [0.25, 0.3) is 0 Å². The number of carbonyl (C=O) groups excluding carboxylic acids is 1. The van der Waals surface area contributed by atoms with Gasteiger partial charge in [-0.05, 0) is 24.0 Å². The molecule has 1 amide bonds. The number of hydrogen-bond donors (Lipinski definition) is 1. The van der Waals surface area contributed by atoms with E-state index in [0.29, 0.717) is 6.04 Å². The van der Waals surface area contributed by atoms with Crippen molar-refractivity contribution >= 4 is 5.91 Å². The molecule has 2 aliphatic rings. The summed E-state index contributed by atoms with van der Waals surface area (Å²) in [5.41, 5.74) is 3.08. The van der Waals surface area contributed by atoms with E-state index in [4.69, 9.17) is 0 Å². The largest absolute Gasteiger partial charge is 0.355 e. The molecule has 1 saturated heterocycles. The number of rotatable bonds is 4. The molecule has 114 valence electrons. The fraction of sp³-hybridized carbons (Fsp3) is 0.588. The van der Waals surface area contributed by atoms with Crippen LogP contribution >= 0.6 is 0 Å². The number of amides is 1. The van der Waals surface area contributed by atoms with Crippen molar-refractivity contribution < 1.29 is 4.79 Å². The third-order valence-corrected chi connectivity index (χ3v) is 4.75. The quantitative estimate of drug-likeness (QED) is 0.910. The van der Waals surface area contributed by atoms with E-state index in [1.54, 1.807) is 12.5 Å². The fourth-order valence-electron chi connectivity index (χ4n) is 3.60. The molecule has 1 aromatic rings. The van der Waals surface area contributed by atoms with Gasteiger partial charge in [0.1, 0.15) is 0 Å². The minimum absolute atomic E-state index is 0.0659. The second-order valence-electron chi connectivity index (χ2n) is 6.11. The number of piperazine rings is 1. The Morgan fingerprint density at radius 1 is 1.24 bits per heavy atom. The standard InChI is InChI=1S/C17H25N3O/c1-14(21)18-8-9-19-10-12-20(13-11-19)17-7-6-15-4-2-3-5-16(15)17/h2-5,17H,6-13H2,1H3,(H,18,21). The fourth-order valence-corrected chi connectivity index (χ4v) is 3.60. The smallest absolute Gasteiger partial charge is 0.216 e. The first-order chi connectivity index (χ1) is 10.2. The molecule has 1 aromatic carbocycles. The maximum Gasteiger partial charge on any atom is 0.216 e. The van der Waals surface area contributed by atoms with Crippen molar-refractivity contribution in [1.82, 2.24) is 15.1 Å². The zero-order valence-electron chi connectivity index (χ0n) is 12.8. The lowest BCUT2D eigenvalue weighted by atomic mass is 10.1. The molecule has 3 rings (SSSR count). The summed E-state index contributed by atoms with van der Waals surface area (Å²) in [4.78, 5) is 16.0. The molecule has 1 aliphatic carbocycles. The third-order valence-electron chi connectivity index (χ3n) is 4.75. The van der Waals surface area contributed by atoms with Crippen LogP contribution < -0.4 is 5.32 Å². The van der Waals surface area contributed by atoms with Gasteiger partial charge in [0, 0.05) is 52.2 Å². The Labute approximate surface area is 127 Å². The summed E-state index contributed by atoms with van der Waals surface area (Å²) in [5.74, 6) is 0.0659. The first-order valence-electron chi connectivity index (χ1n) is 8.02. The molecule has 0 bridgehead atoms. The number of nitrogens with one attached hydrogen (secondary N) is 1. The average molecular weight is 287 g/mol. The molecule has 0 aromatic heterocycles. The van der Waals surface area contributed by atoms with Gasteiger partial charge in [-0.1, -0.05) is 24.3 Å². The highest BCUT2D eigenvalue weighted by atomic mass is 16.1. The van der Waals surface area contributed by atoms with Gasteiger partial charge in [-0.25, -0.2) is 0 Å². The van der Waals surface area contributed by atoms with Crippen molar-refractivity contribution in [3.63, 3.8) is 0 Å². The van der Waals surface area contributed by atoms with Crippen molar-refractivity contribution in [2.45, 2.75) is 25.8 Å². The third kappa shape index (κ3) is 3.44. The number of hydrogen-bond acceptors (Lipinski definition) is 3. The highest BCUT2D eigenvalue weighted by Crippen LogP contribution is 2.35. The molecular weight excluding hydrogens is 262 g/mol. The van der Waals surface area contributed by atoms with Crippen LogP contribution in [-0.4, -0.2) is 55.0 Å². The summed E-state index contributed by atoms with van der Waals surface area (Å²) >= 11 is 0. The Morgan fingerprint density at radius 2 is 2.00 bits per heavy atom. The van der Waals surface area contributed by atoms with Gasteiger partial charge in [0.2, 0.25) is 5.91 Å². The van der Waals surface area contributed by atoms with E-state index in [2.05, 4.69) is 39.4 Å². The Hall–Kier alpha value is -1.39. The lowest BCUT2D eigenvalue weighted by molar-refractivity contribution is -0.119. The van der Waals surface area contributed by atoms with Crippen LogP contribution in [-0.2, 0) is 11.2 Å². The van der Waals surface area contributed by atoms with Crippen LogP contribution in [0.5, 0.6) is 0 Å². The predicted octanol–water partition coefficient (Wildman–Crippen LogP) is 1.43. The molecule has 21 heavy (non-hydrogen) atoms. The topological polar surface area (TPSA) is 35.6 Å². The monoisotopic (exact) mass is 287 g/mol.